The van der Waals surface area contributed by atoms with Gasteiger partial charge in [0.2, 0.25) is 0 Å². The SMILES string of the molecule is CC(C)NCCC1CCOC2(CCOC2)C1. The Hall–Kier alpha value is -0.120. The van der Waals surface area contributed by atoms with Crippen molar-refractivity contribution in [1.82, 2.24) is 5.32 Å². The molecular formula is C13H25NO2. The van der Waals surface area contributed by atoms with Crippen LogP contribution in [0.15, 0.2) is 0 Å². The molecule has 3 nitrogen and oxygen atoms in total. The summed E-state index contributed by atoms with van der Waals surface area (Å²) in [4.78, 5) is 0. The minimum absolute atomic E-state index is 0.0841. The second-order valence-electron chi connectivity index (χ2n) is 5.59. The van der Waals surface area contributed by atoms with Crippen LogP contribution in [0.4, 0.5) is 0 Å². The van der Waals surface area contributed by atoms with Gasteiger partial charge in [-0.2, -0.15) is 0 Å². The Morgan fingerprint density at radius 1 is 1.38 bits per heavy atom. The summed E-state index contributed by atoms with van der Waals surface area (Å²) < 4.78 is 11.4. The van der Waals surface area contributed by atoms with Gasteiger partial charge in [0.15, 0.2) is 0 Å². The molecule has 2 aliphatic rings. The maximum absolute atomic E-state index is 5.94. The van der Waals surface area contributed by atoms with Crippen LogP contribution < -0.4 is 5.32 Å². The van der Waals surface area contributed by atoms with Gasteiger partial charge in [0.25, 0.3) is 0 Å². The monoisotopic (exact) mass is 227 g/mol. The van der Waals surface area contributed by atoms with E-state index in [0.29, 0.717) is 6.04 Å². The molecule has 0 saturated carbocycles. The summed E-state index contributed by atoms with van der Waals surface area (Å²) in [6.45, 7) is 8.18. The Balaban J connectivity index is 1.74. The largest absolute Gasteiger partial charge is 0.378 e. The van der Waals surface area contributed by atoms with Gasteiger partial charge in [0, 0.05) is 25.7 Å². The summed E-state index contributed by atoms with van der Waals surface area (Å²) in [6.07, 6.45) is 4.80. The van der Waals surface area contributed by atoms with Gasteiger partial charge in [-0.1, -0.05) is 13.8 Å². The van der Waals surface area contributed by atoms with E-state index in [9.17, 15) is 0 Å². The van der Waals surface area contributed by atoms with E-state index < -0.39 is 0 Å². The zero-order valence-electron chi connectivity index (χ0n) is 10.6. The van der Waals surface area contributed by atoms with Crippen molar-refractivity contribution in [1.29, 1.82) is 0 Å². The van der Waals surface area contributed by atoms with Gasteiger partial charge < -0.3 is 14.8 Å². The fourth-order valence-electron chi connectivity index (χ4n) is 2.82. The molecule has 0 aromatic carbocycles. The highest BCUT2D eigenvalue weighted by Gasteiger charge is 2.40. The van der Waals surface area contributed by atoms with E-state index >= 15 is 0 Å². The fraction of sp³-hybridized carbons (Fsp3) is 1.00. The first kappa shape index (κ1) is 12.3. The van der Waals surface area contributed by atoms with Crippen LogP contribution in [0.1, 0.15) is 39.5 Å². The summed E-state index contributed by atoms with van der Waals surface area (Å²) in [5, 5.41) is 3.50. The van der Waals surface area contributed by atoms with E-state index in [1.807, 2.05) is 0 Å². The molecule has 2 atom stereocenters. The van der Waals surface area contributed by atoms with Crippen LogP contribution in [-0.4, -0.2) is 38.0 Å². The lowest BCUT2D eigenvalue weighted by atomic mass is 9.83. The molecule has 3 heteroatoms. The van der Waals surface area contributed by atoms with Crippen LogP contribution in [0.25, 0.3) is 0 Å². The molecule has 2 heterocycles. The Labute approximate surface area is 98.9 Å². The number of nitrogens with one attached hydrogen (secondary N) is 1. The van der Waals surface area contributed by atoms with Crippen molar-refractivity contribution >= 4 is 0 Å². The lowest BCUT2D eigenvalue weighted by Crippen LogP contribution is -2.41. The molecule has 2 aliphatic heterocycles. The molecule has 2 saturated heterocycles. The van der Waals surface area contributed by atoms with Crippen molar-refractivity contribution in [2.45, 2.75) is 51.2 Å². The summed E-state index contributed by atoms with van der Waals surface area (Å²) in [5.41, 5.74) is 0.0841. The topological polar surface area (TPSA) is 30.5 Å². The summed E-state index contributed by atoms with van der Waals surface area (Å²) in [5.74, 6) is 0.821. The van der Waals surface area contributed by atoms with Gasteiger partial charge in [-0.3, -0.25) is 0 Å². The number of ether oxygens (including phenoxy) is 2. The van der Waals surface area contributed by atoms with Gasteiger partial charge in [-0.15, -0.1) is 0 Å². The maximum Gasteiger partial charge on any atom is 0.0939 e. The third kappa shape index (κ3) is 3.19. The second kappa shape index (κ2) is 5.48. The van der Waals surface area contributed by atoms with Gasteiger partial charge in [-0.05, 0) is 31.7 Å². The summed E-state index contributed by atoms with van der Waals surface area (Å²) >= 11 is 0. The summed E-state index contributed by atoms with van der Waals surface area (Å²) in [7, 11) is 0. The van der Waals surface area contributed by atoms with Gasteiger partial charge >= 0.3 is 0 Å². The van der Waals surface area contributed by atoms with Crippen molar-refractivity contribution in [2.24, 2.45) is 5.92 Å². The van der Waals surface area contributed by atoms with E-state index in [1.54, 1.807) is 0 Å². The smallest absolute Gasteiger partial charge is 0.0939 e. The molecule has 1 N–H and O–H groups in total. The third-order valence-corrected chi connectivity index (χ3v) is 3.77. The zero-order chi connectivity index (χ0) is 11.4. The van der Waals surface area contributed by atoms with Crippen molar-refractivity contribution in [3.63, 3.8) is 0 Å². The number of rotatable bonds is 4. The average Bonchev–Trinajstić information content (AvgIpc) is 2.66. The Morgan fingerprint density at radius 2 is 2.25 bits per heavy atom. The minimum atomic E-state index is 0.0841. The first-order chi connectivity index (χ1) is 7.70. The predicted molar refractivity (Wildman–Crippen MR) is 64.6 cm³/mol. The molecular weight excluding hydrogens is 202 g/mol. The molecule has 0 amide bonds. The Bertz CT molecular complexity index is 212. The van der Waals surface area contributed by atoms with E-state index in [2.05, 4.69) is 19.2 Å². The fourth-order valence-corrected chi connectivity index (χ4v) is 2.82. The van der Waals surface area contributed by atoms with Crippen LogP contribution in [0, 0.1) is 5.92 Å². The van der Waals surface area contributed by atoms with Crippen LogP contribution in [0.3, 0.4) is 0 Å². The highest BCUT2D eigenvalue weighted by Crippen LogP contribution is 2.36. The van der Waals surface area contributed by atoms with Crippen LogP contribution in [0.2, 0.25) is 0 Å². The molecule has 94 valence electrons. The second-order valence-corrected chi connectivity index (χ2v) is 5.59. The molecule has 2 fully saturated rings. The standard InChI is InChI=1S/C13H25NO2/c1-11(2)14-6-3-12-4-7-16-13(9-12)5-8-15-10-13/h11-12,14H,3-10H2,1-2H3. The van der Waals surface area contributed by atoms with E-state index in [0.717, 1.165) is 38.7 Å². The van der Waals surface area contributed by atoms with Gasteiger partial charge in [0.05, 0.1) is 12.2 Å². The Morgan fingerprint density at radius 3 is 2.94 bits per heavy atom. The third-order valence-electron chi connectivity index (χ3n) is 3.77. The predicted octanol–water partition coefficient (Wildman–Crippen LogP) is 1.96. The molecule has 0 bridgehead atoms. The maximum atomic E-state index is 5.94. The van der Waals surface area contributed by atoms with Crippen molar-refractivity contribution < 1.29 is 9.47 Å². The first-order valence-electron chi connectivity index (χ1n) is 6.65. The lowest BCUT2D eigenvalue weighted by molar-refractivity contribution is -0.0986. The van der Waals surface area contributed by atoms with Crippen molar-refractivity contribution in [3.05, 3.63) is 0 Å². The summed E-state index contributed by atoms with van der Waals surface area (Å²) in [6, 6.07) is 0.601. The van der Waals surface area contributed by atoms with Crippen molar-refractivity contribution in [3.8, 4) is 0 Å². The van der Waals surface area contributed by atoms with E-state index in [1.165, 1.54) is 19.3 Å². The van der Waals surface area contributed by atoms with Crippen molar-refractivity contribution in [2.75, 3.05) is 26.4 Å². The van der Waals surface area contributed by atoms with Crippen LogP contribution >= 0.6 is 0 Å². The zero-order valence-corrected chi connectivity index (χ0v) is 10.6. The molecule has 0 aromatic rings. The molecule has 2 rings (SSSR count). The number of hydrogen-bond donors (Lipinski definition) is 1. The molecule has 2 unspecified atom stereocenters. The van der Waals surface area contributed by atoms with Crippen LogP contribution in [0.5, 0.6) is 0 Å². The quantitative estimate of drug-likeness (QED) is 0.796. The van der Waals surface area contributed by atoms with Crippen LogP contribution in [-0.2, 0) is 9.47 Å². The van der Waals surface area contributed by atoms with Gasteiger partial charge in [0.1, 0.15) is 0 Å². The highest BCUT2D eigenvalue weighted by atomic mass is 16.6. The lowest BCUT2D eigenvalue weighted by Gasteiger charge is -2.37. The highest BCUT2D eigenvalue weighted by molar-refractivity contribution is 4.90. The molecule has 16 heavy (non-hydrogen) atoms. The Kier molecular flexibility index (Phi) is 4.22. The van der Waals surface area contributed by atoms with Gasteiger partial charge in [-0.25, -0.2) is 0 Å². The minimum Gasteiger partial charge on any atom is -0.378 e. The van der Waals surface area contributed by atoms with E-state index in [-0.39, 0.29) is 5.60 Å². The molecule has 1 spiro atoms. The molecule has 0 aliphatic carbocycles. The number of hydrogen-bond acceptors (Lipinski definition) is 3. The first-order valence-corrected chi connectivity index (χ1v) is 6.65. The molecule has 0 radical (unpaired) electrons. The molecule has 0 aromatic heterocycles. The average molecular weight is 227 g/mol. The van der Waals surface area contributed by atoms with E-state index in [4.69, 9.17) is 9.47 Å². The normalized spacial score (nSPS) is 35.1.